The third kappa shape index (κ3) is 12.6. The number of halogens is 3. The van der Waals surface area contributed by atoms with Gasteiger partial charge in [0.1, 0.15) is 22.8 Å². The number of benzene rings is 4. The fourth-order valence-corrected chi connectivity index (χ4v) is 13.2. The highest BCUT2D eigenvalue weighted by Gasteiger charge is 2.50. The van der Waals surface area contributed by atoms with Gasteiger partial charge in [-0.2, -0.15) is 0 Å². The highest BCUT2D eigenvalue weighted by atomic mass is 32.2. The molecular formula is C58H67F3N8O9S. The summed E-state index contributed by atoms with van der Waals surface area (Å²) >= 11 is 0. The molecule has 79 heavy (non-hydrogen) atoms. The molecule has 2 aromatic heterocycles. The Hall–Kier alpha value is -6.94. The summed E-state index contributed by atoms with van der Waals surface area (Å²) in [5.41, 5.74) is 3.64. The normalized spacial score (nSPS) is 21.2. The van der Waals surface area contributed by atoms with Crippen molar-refractivity contribution < 1.29 is 50.6 Å². The van der Waals surface area contributed by atoms with Crippen molar-refractivity contribution in [3.63, 3.8) is 0 Å². The largest absolute Gasteiger partial charge is 0.573 e. The molecule has 4 fully saturated rings. The Kier molecular flexibility index (Phi) is 15.6. The molecule has 6 aromatic rings. The quantitative estimate of drug-likeness (QED) is 0.0496. The number of nitro groups is 1. The molecule has 0 bridgehead atoms. The molecule has 10 rings (SSSR count). The van der Waals surface area contributed by atoms with Crippen LogP contribution in [0, 0.1) is 21.4 Å². The van der Waals surface area contributed by atoms with Crippen molar-refractivity contribution in [3.05, 3.63) is 136 Å². The number of H-pyrrole nitrogens is 1. The second kappa shape index (κ2) is 22.3. The first-order chi connectivity index (χ1) is 37.6. The minimum atomic E-state index is -4.86. The Balaban J connectivity index is 0.829. The lowest BCUT2D eigenvalue weighted by Crippen LogP contribution is -2.60. The van der Waals surface area contributed by atoms with Gasteiger partial charge in [-0.15, -0.1) is 13.2 Å². The molecular weight excluding hydrogens is 1040 g/mol. The molecule has 17 nitrogen and oxygen atoms in total. The number of fused-ring (bicyclic) bond motifs is 1. The number of nitrogens with one attached hydrogen (secondary N) is 3. The van der Waals surface area contributed by atoms with Gasteiger partial charge < -0.3 is 34.5 Å². The minimum Gasteiger partial charge on any atom is -0.493 e. The Morgan fingerprint density at radius 3 is 2.42 bits per heavy atom. The maximum Gasteiger partial charge on any atom is 0.573 e. The van der Waals surface area contributed by atoms with E-state index in [2.05, 4.69) is 77.6 Å². The number of piperidine rings is 1. The number of methoxy groups -OCH3 is 1. The first-order valence-corrected chi connectivity index (χ1v) is 28.4. The van der Waals surface area contributed by atoms with Crippen molar-refractivity contribution in [2.75, 3.05) is 56.6 Å². The molecule has 4 aromatic carbocycles. The highest BCUT2D eigenvalue weighted by molar-refractivity contribution is 7.90. The van der Waals surface area contributed by atoms with E-state index in [-0.39, 0.29) is 51.8 Å². The van der Waals surface area contributed by atoms with E-state index in [9.17, 15) is 41.6 Å². The molecule has 2 saturated heterocycles. The average Bonchev–Trinajstić information content (AvgIpc) is 3.97. The summed E-state index contributed by atoms with van der Waals surface area (Å²) < 4.78 is 85.8. The summed E-state index contributed by atoms with van der Waals surface area (Å²) in [6.45, 7) is 10.7. The third-order valence-electron chi connectivity index (χ3n) is 16.6. The van der Waals surface area contributed by atoms with Gasteiger partial charge in [-0.05, 0) is 141 Å². The number of aromatic nitrogens is 2. The molecule has 0 radical (unpaired) electrons. The van der Waals surface area contributed by atoms with Gasteiger partial charge in [0.2, 0.25) is 0 Å². The summed E-state index contributed by atoms with van der Waals surface area (Å²) in [6, 6.07) is 25.8. The van der Waals surface area contributed by atoms with Crippen LogP contribution in [0.2, 0.25) is 0 Å². The van der Waals surface area contributed by atoms with Crippen LogP contribution in [-0.4, -0.2) is 109 Å². The van der Waals surface area contributed by atoms with E-state index >= 15 is 0 Å². The predicted molar refractivity (Wildman–Crippen MR) is 293 cm³/mol. The van der Waals surface area contributed by atoms with Gasteiger partial charge in [0.25, 0.3) is 21.6 Å². The summed E-state index contributed by atoms with van der Waals surface area (Å²) in [7, 11) is -3.31. The summed E-state index contributed by atoms with van der Waals surface area (Å²) in [5, 5.41) is 26.5. The van der Waals surface area contributed by atoms with Gasteiger partial charge in [0.15, 0.2) is 11.5 Å². The van der Waals surface area contributed by atoms with Crippen LogP contribution in [0.4, 0.5) is 30.2 Å². The van der Waals surface area contributed by atoms with Crippen LogP contribution in [0.1, 0.15) is 111 Å². The topological polar surface area (TPSA) is 205 Å². The third-order valence-corrected chi connectivity index (χ3v) is 17.9. The molecule has 1 amide bonds. The molecule has 4 heterocycles. The number of rotatable bonds is 17. The Morgan fingerprint density at radius 1 is 0.937 bits per heavy atom. The molecule has 4 N–H and O–H groups in total. The van der Waals surface area contributed by atoms with Crippen molar-refractivity contribution in [2.24, 2.45) is 11.3 Å². The van der Waals surface area contributed by atoms with E-state index in [1.807, 2.05) is 6.07 Å². The molecule has 1 unspecified atom stereocenters. The summed E-state index contributed by atoms with van der Waals surface area (Å²) in [6.07, 6.45) is 4.98. The fourth-order valence-electron chi connectivity index (χ4n) is 12.2. The van der Waals surface area contributed by atoms with Gasteiger partial charge >= 0.3 is 6.36 Å². The van der Waals surface area contributed by atoms with Crippen LogP contribution < -0.4 is 29.1 Å². The number of hydrogen-bond acceptors (Lipinski definition) is 14. The van der Waals surface area contributed by atoms with Crippen LogP contribution in [-0.2, 0) is 16.6 Å². The molecule has 1 atom stereocenters. The van der Waals surface area contributed by atoms with Gasteiger partial charge in [0.05, 0.1) is 34.3 Å². The number of nitro benzene ring substituents is 1. The zero-order valence-electron chi connectivity index (χ0n) is 44.7. The lowest BCUT2D eigenvalue weighted by atomic mass is 9.59. The number of sulfonamides is 1. The number of hydrogen-bond donors (Lipinski definition) is 4. The first kappa shape index (κ1) is 55.4. The predicted octanol–water partition coefficient (Wildman–Crippen LogP) is 11.1. The summed E-state index contributed by atoms with van der Waals surface area (Å²) in [4.78, 5) is 39.9. The zero-order valence-corrected chi connectivity index (χ0v) is 45.5. The van der Waals surface area contributed by atoms with Crippen LogP contribution in [0.5, 0.6) is 23.0 Å². The molecule has 2 aliphatic carbocycles. The minimum absolute atomic E-state index is 0.0138. The highest BCUT2D eigenvalue weighted by Crippen LogP contribution is 2.54. The van der Waals surface area contributed by atoms with E-state index in [4.69, 9.17) is 9.47 Å². The number of carbonyl (C=O) groups excluding carboxylic acids is 1. The van der Waals surface area contributed by atoms with E-state index in [0.717, 1.165) is 81.8 Å². The van der Waals surface area contributed by atoms with Crippen molar-refractivity contribution in [2.45, 2.75) is 114 Å². The van der Waals surface area contributed by atoms with Gasteiger partial charge in [0, 0.05) is 87.3 Å². The lowest BCUT2D eigenvalue weighted by Gasteiger charge is -2.58. The Labute approximate surface area is 457 Å². The van der Waals surface area contributed by atoms with Crippen LogP contribution in [0.15, 0.2) is 108 Å². The van der Waals surface area contributed by atoms with Crippen molar-refractivity contribution >= 4 is 44.0 Å². The SMILES string of the molecule is COc1ccc(CN2CCN(C3CC4(CCN(c5ccc(C(=O)NS(=O)(=O)c6ccc(NCC7CCC(C)(O)CC7)c([N+](=O)[O-])c6)c(Oc6cnc7[nH]ccc7c6)c5)CC4)C3)C(c3ccccc3C(C)C)C2)cc1OC(F)(F)F. The lowest BCUT2D eigenvalue weighted by molar-refractivity contribution is -0.384. The smallest absolute Gasteiger partial charge is 0.493 e. The number of ether oxygens (including phenoxy) is 3. The van der Waals surface area contributed by atoms with Gasteiger partial charge in [-0.25, -0.2) is 18.1 Å². The number of nitrogens with zero attached hydrogens (tertiary/aromatic N) is 5. The number of pyridine rings is 1. The molecule has 420 valence electrons. The van der Waals surface area contributed by atoms with E-state index in [1.165, 1.54) is 54.8 Å². The number of anilines is 2. The first-order valence-electron chi connectivity index (χ1n) is 27.0. The van der Waals surface area contributed by atoms with Crippen LogP contribution in [0.3, 0.4) is 0 Å². The number of aliphatic hydroxyl groups is 1. The maximum absolute atomic E-state index is 14.1. The molecule has 1 spiro atoms. The van der Waals surface area contributed by atoms with Crippen molar-refractivity contribution in [1.29, 1.82) is 0 Å². The Morgan fingerprint density at radius 2 is 1.70 bits per heavy atom. The van der Waals surface area contributed by atoms with E-state index in [1.54, 1.807) is 37.4 Å². The molecule has 21 heteroatoms. The van der Waals surface area contributed by atoms with E-state index in [0.29, 0.717) is 55.5 Å². The molecule has 4 aliphatic rings. The number of alkyl halides is 3. The molecule has 2 saturated carbocycles. The van der Waals surface area contributed by atoms with Crippen molar-refractivity contribution in [1.82, 2.24) is 24.5 Å². The van der Waals surface area contributed by atoms with Crippen LogP contribution in [0.25, 0.3) is 11.0 Å². The number of amides is 1. The second-order valence-corrected chi connectivity index (χ2v) is 24.1. The standard InChI is InChI=1S/C58H67F3N8O9S/c1-37(2)45-7-5-6-8-46(45)50-36-66(35-39-9-14-51(76-4)53(27-39)78-58(59,60)61)25-26-68(50)42-31-57(32-42)20-23-67(24-21-57)41-10-12-47(52(29-41)77-43-28-40-17-22-62-54(40)64-34-43)55(70)65-79(74,75)44-11-13-48(49(30-44)69(72)73)63-33-38-15-18-56(3,71)19-16-38/h5-14,17,22,27-30,34,37-38,42,50,63,71H,15-16,18-21,23-26,31-33,35-36H2,1-4H3,(H,62,64)(H,65,70). The monoisotopic (exact) mass is 1110 g/mol. The van der Waals surface area contributed by atoms with E-state index < -0.39 is 43.4 Å². The Bertz CT molecular complexity index is 3310. The molecule has 2 aliphatic heterocycles. The van der Waals surface area contributed by atoms with Crippen LogP contribution >= 0.6 is 0 Å². The van der Waals surface area contributed by atoms with Crippen molar-refractivity contribution in [3.8, 4) is 23.0 Å². The van der Waals surface area contributed by atoms with Gasteiger partial charge in [-0.1, -0.05) is 44.2 Å². The maximum atomic E-state index is 14.1. The second-order valence-electron chi connectivity index (χ2n) is 22.4. The number of piperazine rings is 1. The zero-order chi connectivity index (χ0) is 55.9. The number of carbonyl (C=O) groups is 1. The van der Waals surface area contributed by atoms with Gasteiger partial charge in [-0.3, -0.25) is 24.7 Å². The summed E-state index contributed by atoms with van der Waals surface area (Å²) in [5.74, 6) is -0.473. The number of aromatic amines is 1. The fraction of sp³-hybridized carbons (Fsp3) is 0.448. The average molecular weight is 1110 g/mol.